The van der Waals surface area contributed by atoms with Gasteiger partial charge in [-0.1, -0.05) is 18.2 Å². The van der Waals surface area contributed by atoms with Gasteiger partial charge < -0.3 is 15.6 Å². The van der Waals surface area contributed by atoms with E-state index in [0.29, 0.717) is 11.1 Å². The van der Waals surface area contributed by atoms with Gasteiger partial charge in [0.05, 0.1) is 11.5 Å². The van der Waals surface area contributed by atoms with Crippen LogP contribution in [0.2, 0.25) is 0 Å². The Balaban J connectivity index is 2.13. The second kappa shape index (κ2) is 5.49. The number of rotatable bonds is 1. The summed E-state index contributed by atoms with van der Waals surface area (Å²) in [7, 11) is 0. The first-order valence-electron chi connectivity index (χ1n) is 6.89. The van der Waals surface area contributed by atoms with Crippen LogP contribution in [0.25, 0.3) is 0 Å². The van der Waals surface area contributed by atoms with Gasteiger partial charge in [0.2, 0.25) is 5.88 Å². The molecule has 0 saturated carbocycles. The maximum atomic E-state index is 12.7. The Labute approximate surface area is 135 Å². The highest BCUT2D eigenvalue weighted by molar-refractivity contribution is 5.57. The number of halogens is 3. The average molecular weight is 332 g/mol. The van der Waals surface area contributed by atoms with Gasteiger partial charge in [-0.25, -0.2) is 0 Å². The van der Waals surface area contributed by atoms with Crippen LogP contribution in [0.5, 0.6) is 11.5 Å². The number of allylic oxidation sites excluding steroid dienone is 1. The fourth-order valence-electron chi connectivity index (χ4n) is 2.65. The number of nitrogens with two attached hydrogens (primary N) is 1. The number of ether oxygens (including phenoxy) is 1. The fourth-order valence-corrected chi connectivity index (χ4v) is 2.65. The molecule has 0 aromatic heterocycles. The second-order valence-corrected chi connectivity index (χ2v) is 5.27. The topological polar surface area (TPSA) is 79.3 Å². The zero-order chi connectivity index (χ0) is 17.5. The molecular weight excluding hydrogens is 321 g/mol. The minimum absolute atomic E-state index is 0.0480. The summed E-state index contributed by atoms with van der Waals surface area (Å²) in [5, 5.41) is 18.9. The lowest BCUT2D eigenvalue weighted by Gasteiger charge is -2.26. The number of phenolic OH excluding ortho intramolecular Hbond substituents is 1. The van der Waals surface area contributed by atoms with Crippen LogP contribution in [0, 0.1) is 11.3 Å². The molecule has 4 nitrogen and oxygen atoms in total. The van der Waals surface area contributed by atoms with E-state index in [1.54, 1.807) is 6.07 Å². The summed E-state index contributed by atoms with van der Waals surface area (Å²) in [5.74, 6) is -0.591. The Bertz CT molecular complexity index is 865. The van der Waals surface area contributed by atoms with E-state index in [1.807, 2.05) is 6.07 Å². The van der Waals surface area contributed by atoms with Crippen molar-refractivity contribution in [2.75, 3.05) is 0 Å². The molecule has 0 unspecified atom stereocenters. The summed E-state index contributed by atoms with van der Waals surface area (Å²) in [6.45, 7) is 0. The molecule has 0 bridgehead atoms. The molecular formula is C17H11F3N2O2. The summed E-state index contributed by atoms with van der Waals surface area (Å²) in [6, 6.07) is 10.8. The zero-order valence-electron chi connectivity index (χ0n) is 12.1. The van der Waals surface area contributed by atoms with E-state index in [-0.39, 0.29) is 23.0 Å². The molecule has 3 rings (SSSR count). The molecule has 0 radical (unpaired) electrons. The lowest BCUT2D eigenvalue weighted by atomic mass is 9.83. The molecule has 2 aromatic rings. The smallest absolute Gasteiger partial charge is 0.416 e. The molecule has 1 atom stereocenters. The molecule has 1 heterocycles. The van der Waals surface area contributed by atoms with Crippen LogP contribution < -0.4 is 10.5 Å². The number of nitriles is 1. The third kappa shape index (κ3) is 2.63. The number of phenols is 1. The molecule has 1 aliphatic rings. The number of benzene rings is 2. The molecule has 0 amide bonds. The van der Waals surface area contributed by atoms with Gasteiger partial charge in [0.25, 0.3) is 0 Å². The van der Waals surface area contributed by atoms with E-state index in [1.165, 1.54) is 24.3 Å². The number of fused-ring (bicyclic) bond motifs is 1. The Morgan fingerprint density at radius 3 is 2.38 bits per heavy atom. The van der Waals surface area contributed by atoms with Crippen LogP contribution in [-0.2, 0) is 6.18 Å². The quantitative estimate of drug-likeness (QED) is 0.836. The van der Waals surface area contributed by atoms with Gasteiger partial charge in [-0.05, 0) is 23.8 Å². The van der Waals surface area contributed by atoms with Gasteiger partial charge in [0.1, 0.15) is 23.1 Å². The van der Waals surface area contributed by atoms with Crippen LogP contribution in [0.4, 0.5) is 13.2 Å². The molecule has 0 fully saturated rings. The summed E-state index contributed by atoms with van der Waals surface area (Å²) in [4.78, 5) is 0. The van der Waals surface area contributed by atoms with E-state index < -0.39 is 17.7 Å². The van der Waals surface area contributed by atoms with Crippen molar-refractivity contribution in [2.45, 2.75) is 12.1 Å². The average Bonchev–Trinajstić information content (AvgIpc) is 2.52. The first kappa shape index (κ1) is 15.7. The van der Waals surface area contributed by atoms with Crippen LogP contribution >= 0.6 is 0 Å². The standard InChI is InChI=1S/C17H11F3N2O2/c18-17(19,20)10-3-1-9(2-4-10)15-12-6-5-11(23)7-14(12)24-16(22)13(15)8-21/h1-7,15,23H,22H2/t15-/m0/s1. The summed E-state index contributed by atoms with van der Waals surface area (Å²) in [5.41, 5.74) is 6.09. The summed E-state index contributed by atoms with van der Waals surface area (Å²) in [6.07, 6.45) is -4.44. The monoisotopic (exact) mass is 332 g/mol. The number of alkyl halides is 3. The van der Waals surface area contributed by atoms with Crippen LogP contribution in [-0.4, -0.2) is 5.11 Å². The van der Waals surface area contributed by atoms with E-state index in [2.05, 4.69) is 0 Å². The van der Waals surface area contributed by atoms with E-state index >= 15 is 0 Å². The first-order valence-corrected chi connectivity index (χ1v) is 6.89. The van der Waals surface area contributed by atoms with E-state index in [0.717, 1.165) is 12.1 Å². The zero-order valence-corrected chi connectivity index (χ0v) is 12.1. The van der Waals surface area contributed by atoms with Crippen LogP contribution in [0.1, 0.15) is 22.6 Å². The Morgan fingerprint density at radius 1 is 1.12 bits per heavy atom. The van der Waals surface area contributed by atoms with Crippen molar-refractivity contribution >= 4 is 0 Å². The number of hydrogen-bond acceptors (Lipinski definition) is 4. The number of nitrogens with zero attached hydrogens (tertiary/aromatic N) is 1. The SMILES string of the molecule is N#CC1=C(N)Oc2cc(O)ccc2[C@@H]1c1ccc(C(F)(F)F)cc1. The Morgan fingerprint density at radius 2 is 1.79 bits per heavy atom. The van der Waals surface area contributed by atoms with Crippen molar-refractivity contribution in [2.24, 2.45) is 5.73 Å². The molecule has 24 heavy (non-hydrogen) atoms. The van der Waals surface area contributed by atoms with Gasteiger partial charge >= 0.3 is 6.18 Å². The summed E-state index contributed by atoms with van der Waals surface area (Å²) >= 11 is 0. The van der Waals surface area contributed by atoms with Crippen molar-refractivity contribution in [1.29, 1.82) is 5.26 Å². The van der Waals surface area contributed by atoms with Gasteiger partial charge in [0.15, 0.2) is 0 Å². The van der Waals surface area contributed by atoms with Crippen LogP contribution in [0.3, 0.4) is 0 Å². The Kier molecular flexibility index (Phi) is 3.60. The van der Waals surface area contributed by atoms with Crippen molar-refractivity contribution in [3.05, 3.63) is 70.6 Å². The number of aromatic hydroxyl groups is 1. The first-order chi connectivity index (χ1) is 11.3. The third-order valence-corrected chi connectivity index (χ3v) is 3.77. The predicted octanol–water partition coefficient (Wildman–Crippen LogP) is 3.63. The molecule has 122 valence electrons. The largest absolute Gasteiger partial charge is 0.508 e. The van der Waals surface area contributed by atoms with Crippen molar-refractivity contribution in [1.82, 2.24) is 0 Å². The normalized spacial score (nSPS) is 17.0. The molecule has 1 aliphatic heterocycles. The number of hydrogen-bond donors (Lipinski definition) is 2. The van der Waals surface area contributed by atoms with Gasteiger partial charge in [-0.3, -0.25) is 0 Å². The van der Waals surface area contributed by atoms with Crippen molar-refractivity contribution < 1.29 is 23.0 Å². The minimum Gasteiger partial charge on any atom is -0.508 e. The highest BCUT2D eigenvalue weighted by atomic mass is 19.4. The minimum atomic E-state index is -4.44. The lowest BCUT2D eigenvalue weighted by Crippen LogP contribution is -2.21. The Hall–Kier alpha value is -3.14. The molecule has 3 N–H and O–H groups in total. The van der Waals surface area contributed by atoms with Crippen molar-refractivity contribution in [3.63, 3.8) is 0 Å². The molecule has 7 heteroatoms. The molecule has 0 spiro atoms. The van der Waals surface area contributed by atoms with Crippen LogP contribution in [0.15, 0.2) is 53.9 Å². The lowest BCUT2D eigenvalue weighted by molar-refractivity contribution is -0.137. The fraction of sp³-hybridized carbons (Fsp3) is 0.118. The molecule has 0 saturated heterocycles. The molecule has 0 aliphatic carbocycles. The van der Waals surface area contributed by atoms with Gasteiger partial charge in [-0.15, -0.1) is 0 Å². The highest BCUT2D eigenvalue weighted by Crippen LogP contribution is 2.43. The highest BCUT2D eigenvalue weighted by Gasteiger charge is 2.33. The maximum absolute atomic E-state index is 12.7. The molecule has 2 aromatic carbocycles. The summed E-state index contributed by atoms with van der Waals surface area (Å²) < 4.78 is 43.5. The van der Waals surface area contributed by atoms with Crippen molar-refractivity contribution in [3.8, 4) is 17.6 Å². The maximum Gasteiger partial charge on any atom is 0.416 e. The third-order valence-electron chi connectivity index (χ3n) is 3.77. The van der Waals surface area contributed by atoms with E-state index in [4.69, 9.17) is 10.5 Å². The second-order valence-electron chi connectivity index (χ2n) is 5.27. The van der Waals surface area contributed by atoms with Gasteiger partial charge in [-0.2, -0.15) is 18.4 Å². The van der Waals surface area contributed by atoms with Gasteiger partial charge in [0, 0.05) is 11.6 Å². The van der Waals surface area contributed by atoms with E-state index in [9.17, 15) is 23.5 Å². The predicted molar refractivity (Wildman–Crippen MR) is 78.8 cm³/mol.